The molecule has 0 aliphatic carbocycles. The van der Waals surface area contributed by atoms with Crippen molar-refractivity contribution in [2.75, 3.05) is 39.3 Å². The van der Waals surface area contributed by atoms with Gasteiger partial charge in [0.15, 0.2) is 0 Å². The summed E-state index contributed by atoms with van der Waals surface area (Å²) in [6.45, 7) is 8.53. The lowest BCUT2D eigenvalue weighted by molar-refractivity contribution is -0.156. The van der Waals surface area contributed by atoms with Crippen molar-refractivity contribution >= 4 is 18.0 Å². The molecule has 1 aliphatic rings. The number of rotatable bonds is 7. The molecule has 1 fully saturated rings. The molecule has 8 nitrogen and oxygen atoms in total. The number of ether oxygens (including phenoxy) is 2. The smallest absolute Gasteiger partial charge is 0.407 e. The molecule has 29 heavy (non-hydrogen) atoms. The van der Waals surface area contributed by atoms with Gasteiger partial charge in [-0.25, -0.2) is 4.79 Å². The van der Waals surface area contributed by atoms with Gasteiger partial charge in [-0.05, 0) is 26.3 Å². The number of piperazine rings is 1. The molecule has 1 aliphatic heterocycles. The van der Waals surface area contributed by atoms with E-state index in [4.69, 9.17) is 9.47 Å². The second kappa shape index (κ2) is 10.8. The van der Waals surface area contributed by atoms with E-state index >= 15 is 0 Å². The molecule has 1 aromatic carbocycles. The lowest BCUT2D eigenvalue weighted by atomic mass is 10.2. The zero-order chi connectivity index (χ0) is 21.3. The summed E-state index contributed by atoms with van der Waals surface area (Å²) in [7, 11) is 0. The van der Waals surface area contributed by atoms with Crippen molar-refractivity contribution in [1.82, 2.24) is 15.1 Å². The van der Waals surface area contributed by atoms with Gasteiger partial charge in [-0.15, -0.1) is 0 Å². The highest BCUT2D eigenvalue weighted by Crippen LogP contribution is 2.09. The fourth-order valence-corrected chi connectivity index (χ4v) is 2.92. The SMILES string of the molecule is CC(C)(C)OC(=O)CN1CCN(C(=O)CCNC(=O)OCc2ccccc2)CC1. The molecule has 1 aromatic rings. The molecule has 0 radical (unpaired) electrons. The van der Waals surface area contributed by atoms with Crippen LogP contribution >= 0.6 is 0 Å². The van der Waals surface area contributed by atoms with Crippen molar-refractivity contribution in [2.24, 2.45) is 0 Å². The molecule has 0 atom stereocenters. The lowest BCUT2D eigenvalue weighted by Gasteiger charge is -2.34. The van der Waals surface area contributed by atoms with E-state index in [9.17, 15) is 14.4 Å². The summed E-state index contributed by atoms with van der Waals surface area (Å²) >= 11 is 0. The summed E-state index contributed by atoms with van der Waals surface area (Å²) in [6.07, 6.45) is -0.323. The van der Waals surface area contributed by atoms with Gasteiger partial charge >= 0.3 is 12.1 Å². The van der Waals surface area contributed by atoms with Gasteiger partial charge in [-0.2, -0.15) is 0 Å². The largest absolute Gasteiger partial charge is 0.459 e. The van der Waals surface area contributed by atoms with Crippen LogP contribution in [0.2, 0.25) is 0 Å². The van der Waals surface area contributed by atoms with Crippen LogP contribution in [0.5, 0.6) is 0 Å². The average Bonchev–Trinajstić information content (AvgIpc) is 2.66. The van der Waals surface area contributed by atoms with Gasteiger partial charge in [0, 0.05) is 39.1 Å². The Hall–Kier alpha value is -2.61. The highest BCUT2D eigenvalue weighted by Gasteiger charge is 2.24. The van der Waals surface area contributed by atoms with Gasteiger partial charge in [0.2, 0.25) is 5.91 Å². The predicted molar refractivity (Wildman–Crippen MR) is 108 cm³/mol. The Balaban J connectivity index is 1.59. The number of amides is 2. The Morgan fingerprint density at radius 2 is 1.69 bits per heavy atom. The van der Waals surface area contributed by atoms with Crippen molar-refractivity contribution in [3.63, 3.8) is 0 Å². The second-order valence-electron chi connectivity index (χ2n) is 7.98. The van der Waals surface area contributed by atoms with Crippen LogP contribution in [-0.4, -0.2) is 72.6 Å². The second-order valence-corrected chi connectivity index (χ2v) is 7.98. The Morgan fingerprint density at radius 1 is 1.03 bits per heavy atom. The van der Waals surface area contributed by atoms with Crippen molar-refractivity contribution in [2.45, 2.75) is 39.4 Å². The van der Waals surface area contributed by atoms with Crippen LogP contribution in [-0.2, 0) is 25.7 Å². The first kappa shape index (κ1) is 22.7. The molecular formula is C21H31N3O5. The van der Waals surface area contributed by atoms with E-state index in [0.717, 1.165) is 5.56 Å². The van der Waals surface area contributed by atoms with Gasteiger partial charge < -0.3 is 19.7 Å². The van der Waals surface area contributed by atoms with Crippen LogP contribution in [0, 0.1) is 0 Å². The van der Waals surface area contributed by atoms with Crippen molar-refractivity contribution in [3.05, 3.63) is 35.9 Å². The van der Waals surface area contributed by atoms with E-state index < -0.39 is 11.7 Å². The van der Waals surface area contributed by atoms with Crippen LogP contribution in [0.4, 0.5) is 4.79 Å². The first-order chi connectivity index (χ1) is 13.7. The minimum Gasteiger partial charge on any atom is -0.459 e. The Kier molecular flexibility index (Phi) is 8.45. The predicted octanol–water partition coefficient (Wildman–Crippen LogP) is 1.79. The summed E-state index contributed by atoms with van der Waals surface area (Å²) in [5, 5.41) is 2.60. The van der Waals surface area contributed by atoms with Crippen molar-refractivity contribution < 1.29 is 23.9 Å². The van der Waals surface area contributed by atoms with E-state index in [2.05, 4.69) is 5.32 Å². The highest BCUT2D eigenvalue weighted by molar-refractivity contribution is 5.77. The number of hydrogen-bond acceptors (Lipinski definition) is 6. The van der Waals surface area contributed by atoms with Crippen molar-refractivity contribution in [3.8, 4) is 0 Å². The molecule has 2 amide bonds. The summed E-state index contributed by atoms with van der Waals surface area (Å²) in [4.78, 5) is 39.6. The molecule has 0 saturated carbocycles. The standard InChI is InChI=1S/C21H31N3O5/c1-21(2,3)29-19(26)15-23-11-13-24(14-12-23)18(25)9-10-22-20(27)28-16-17-7-5-4-6-8-17/h4-8H,9-16H2,1-3H3,(H,22,27). The fraction of sp³-hybridized carbons (Fsp3) is 0.571. The molecule has 1 saturated heterocycles. The van der Waals surface area contributed by atoms with Crippen molar-refractivity contribution in [1.29, 1.82) is 0 Å². The Labute approximate surface area is 172 Å². The lowest BCUT2D eigenvalue weighted by Crippen LogP contribution is -2.50. The molecule has 1 heterocycles. The summed E-state index contributed by atoms with van der Waals surface area (Å²) in [6, 6.07) is 9.40. The van der Waals surface area contributed by atoms with Crippen LogP contribution in [0.15, 0.2) is 30.3 Å². The quantitative estimate of drug-likeness (QED) is 0.696. The van der Waals surface area contributed by atoms with Crippen LogP contribution < -0.4 is 5.32 Å². The normalized spacial score (nSPS) is 14.9. The number of carbonyl (C=O) groups is 3. The van der Waals surface area contributed by atoms with Crippen LogP contribution in [0.3, 0.4) is 0 Å². The molecule has 0 aromatic heterocycles. The van der Waals surface area contributed by atoms with E-state index in [-0.39, 0.29) is 38.0 Å². The number of benzene rings is 1. The van der Waals surface area contributed by atoms with Gasteiger partial charge in [-0.3, -0.25) is 14.5 Å². The van der Waals surface area contributed by atoms with Crippen LogP contribution in [0.1, 0.15) is 32.8 Å². The number of nitrogens with one attached hydrogen (secondary N) is 1. The van der Waals surface area contributed by atoms with Gasteiger partial charge in [-0.1, -0.05) is 30.3 Å². The van der Waals surface area contributed by atoms with E-state index in [1.807, 2.05) is 56.0 Å². The molecule has 0 spiro atoms. The third kappa shape index (κ3) is 8.95. The molecule has 0 unspecified atom stereocenters. The van der Waals surface area contributed by atoms with E-state index in [1.165, 1.54) is 0 Å². The Morgan fingerprint density at radius 3 is 2.31 bits per heavy atom. The maximum atomic E-state index is 12.3. The van der Waals surface area contributed by atoms with E-state index in [1.54, 1.807) is 4.90 Å². The van der Waals surface area contributed by atoms with Crippen LogP contribution in [0.25, 0.3) is 0 Å². The maximum absolute atomic E-state index is 12.3. The molecule has 8 heteroatoms. The third-order valence-corrected chi connectivity index (χ3v) is 4.32. The molecular weight excluding hydrogens is 374 g/mol. The maximum Gasteiger partial charge on any atom is 0.407 e. The minimum atomic E-state index is -0.538. The molecule has 160 valence electrons. The number of alkyl carbamates (subject to hydrolysis) is 1. The zero-order valence-corrected chi connectivity index (χ0v) is 17.5. The highest BCUT2D eigenvalue weighted by atomic mass is 16.6. The number of carbonyl (C=O) groups excluding carboxylic acids is 3. The summed E-state index contributed by atoms with van der Waals surface area (Å²) in [5.74, 6) is -0.277. The number of nitrogens with zero attached hydrogens (tertiary/aromatic N) is 2. The van der Waals surface area contributed by atoms with E-state index in [0.29, 0.717) is 26.2 Å². The van der Waals surface area contributed by atoms with Gasteiger partial charge in [0.1, 0.15) is 12.2 Å². The Bertz CT molecular complexity index is 679. The molecule has 0 bridgehead atoms. The fourth-order valence-electron chi connectivity index (χ4n) is 2.92. The topological polar surface area (TPSA) is 88.2 Å². The van der Waals surface area contributed by atoms with Gasteiger partial charge in [0.05, 0.1) is 6.54 Å². The first-order valence-electron chi connectivity index (χ1n) is 9.89. The summed E-state index contributed by atoms with van der Waals surface area (Å²) in [5.41, 5.74) is 0.410. The average molecular weight is 405 g/mol. The summed E-state index contributed by atoms with van der Waals surface area (Å²) < 4.78 is 10.4. The molecule has 1 N–H and O–H groups in total. The van der Waals surface area contributed by atoms with Gasteiger partial charge in [0.25, 0.3) is 0 Å². The third-order valence-electron chi connectivity index (χ3n) is 4.32. The first-order valence-corrected chi connectivity index (χ1v) is 9.89. The number of hydrogen-bond donors (Lipinski definition) is 1. The molecule has 2 rings (SSSR count). The zero-order valence-electron chi connectivity index (χ0n) is 17.5. The monoisotopic (exact) mass is 405 g/mol. The minimum absolute atomic E-state index is 0.0229. The number of esters is 1.